The zero-order valence-corrected chi connectivity index (χ0v) is 11.3. The fraction of sp³-hybridized carbons (Fsp3) is 0.778. The van der Waals surface area contributed by atoms with Crippen molar-refractivity contribution in [3.63, 3.8) is 0 Å². The first-order chi connectivity index (χ1) is 5.24. The molecule has 0 aromatic carbocycles. The van der Waals surface area contributed by atoms with Gasteiger partial charge in [0.05, 0.1) is 0 Å². The van der Waals surface area contributed by atoms with Crippen molar-refractivity contribution in [1.29, 1.82) is 0 Å². The van der Waals surface area contributed by atoms with Gasteiger partial charge in [0.1, 0.15) is 0 Å². The van der Waals surface area contributed by atoms with Crippen LogP contribution in [0.5, 0.6) is 0 Å². The number of hydrogen-bond acceptors (Lipinski definition) is 0. The van der Waals surface area contributed by atoms with Crippen LogP contribution in [0, 0.1) is 9.86 Å². The maximum atomic E-state index is 5.54. The van der Waals surface area contributed by atoms with Crippen LogP contribution in [-0.4, -0.2) is 24.3 Å². The second kappa shape index (κ2) is 6.20. The summed E-state index contributed by atoms with van der Waals surface area (Å²) >= 11 is 3.63. The third-order valence-corrected chi connectivity index (χ3v) is 16.2. The van der Waals surface area contributed by atoms with Gasteiger partial charge in [-0.15, -0.1) is 0 Å². The molecule has 0 radical (unpaired) electrons. The summed E-state index contributed by atoms with van der Waals surface area (Å²) < 4.78 is 7.48. The van der Waals surface area contributed by atoms with Gasteiger partial charge in [0.15, 0.2) is 0 Å². The fourth-order valence-electron chi connectivity index (χ4n) is 1.24. The Morgan fingerprint density at radius 2 is 1.55 bits per heavy atom. The van der Waals surface area contributed by atoms with Gasteiger partial charge >= 0.3 is 79.8 Å². The topological polar surface area (TPSA) is 0 Å². The van der Waals surface area contributed by atoms with E-state index in [2.05, 4.69) is 30.6 Å². The van der Waals surface area contributed by atoms with Crippen molar-refractivity contribution in [1.82, 2.24) is 0 Å². The van der Waals surface area contributed by atoms with E-state index in [-0.39, 0.29) is 0 Å². The average Bonchev–Trinajstić information content (AvgIpc) is 2.08. The monoisotopic (exact) mass is 280 g/mol. The molecule has 0 nitrogen and oxygen atoms in total. The van der Waals surface area contributed by atoms with E-state index < -0.39 is 18.4 Å². The van der Waals surface area contributed by atoms with Crippen molar-refractivity contribution < 1.29 is 0 Å². The molecule has 2 heteroatoms. The van der Waals surface area contributed by atoms with Crippen molar-refractivity contribution >= 4 is 30.0 Å². The van der Waals surface area contributed by atoms with E-state index in [1.54, 1.807) is 0 Å². The van der Waals surface area contributed by atoms with Crippen LogP contribution < -0.4 is 0 Å². The molecule has 11 heavy (non-hydrogen) atoms. The Hall–Kier alpha value is 0.649. The van der Waals surface area contributed by atoms with Crippen molar-refractivity contribution in [2.75, 3.05) is 5.88 Å². The molecule has 64 valence electrons. The number of rotatable bonds is 3. The van der Waals surface area contributed by atoms with Crippen LogP contribution in [0.25, 0.3) is 0 Å². The summed E-state index contributed by atoms with van der Waals surface area (Å²) in [5.41, 5.74) is 0. The molecule has 0 saturated heterocycles. The second-order valence-electron chi connectivity index (χ2n) is 2.78. The van der Waals surface area contributed by atoms with Crippen molar-refractivity contribution in [2.45, 2.75) is 34.1 Å². The van der Waals surface area contributed by atoms with E-state index in [1.165, 1.54) is 13.3 Å². The van der Waals surface area contributed by atoms with Gasteiger partial charge < -0.3 is 0 Å². The zero-order chi connectivity index (χ0) is 8.74. The molecule has 0 aliphatic rings. The molecule has 0 aliphatic carbocycles. The van der Waals surface area contributed by atoms with Crippen LogP contribution in [0.1, 0.15) is 20.8 Å². The van der Waals surface area contributed by atoms with E-state index in [0.29, 0.717) is 5.88 Å². The molecular formula is C9H17ClSn. The van der Waals surface area contributed by atoms with Gasteiger partial charge in [0.2, 0.25) is 0 Å². The molecule has 0 saturated carbocycles. The van der Waals surface area contributed by atoms with Crippen LogP contribution in [0.3, 0.4) is 0 Å². The molecule has 0 heterocycles. The van der Waals surface area contributed by atoms with Gasteiger partial charge in [-0.25, -0.2) is 0 Å². The molecule has 0 aromatic heterocycles. The van der Waals surface area contributed by atoms with Crippen LogP contribution >= 0.6 is 11.6 Å². The Morgan fingerprint density at radius 3 is 1.82 bits per heavy atom. The molecular weight excluding hydrogens is 262 g/mol. The number of halogens is 1. The third kappa shape index (κ3) is 3.71. The normalized spacial score (nSPS) is 10.5. The van der Waals surface area contributed by atoms with E-state index in [1.807, 2.05) is 0 Å². The fourth-order valence-corrected chi connectivity index (χ4v) is 8.74. The molecule has 0 fully saturated rings. The van der Waals surface area contributed by atoms with Gasteiger partial charge in [0.25, 0.3) is 0 Å². The summed E-state index contributed by atoms with van der Waals surface area (Å²) in [6.07, 6.45) is 0. The minimum atomic E-state index is -1.91. The van der Waals surface area contributed by atoms with Crippen LogP contribution in [0.2, 0.25) is 13.3 Å². The maximum absolute atomic E-state index is 5.54. The third-order valence-electron chi connectivity index (χ3n) is 2.45. The first-order valence-corrected chi connectivity index (χ1v) is 12.3. The van der Waals surface area contributed by atoms with Gasteiger partial charge in [-0.2, -0.15) is 0 Å². The summed E-state index contributed by atoms with van der Waals surface area (Å²) in [5.74, 6) is 3.56. The van der Waals surface area contributed by atoms with E-state index in [0.717, 1.165) is 0 Å². The Bertz CT molecular complexity index is 142. The predicted octanol–water partition coefficient (Wildman–Crippen LogP) is 3.28. The second-order valence-corrected chi connectivity index (χ2v) is 17.1. The number of alkyl halides is 1. The first-order valence-electron chi connectivity index (χ1n) is 4.30. The molecule has 0 amide bonds. The number of hydrogen-bond donors (Lipinski definition) is 0. The van der Waals surface area contributed by atoms with Crippen LogP contribution in [0.4, 0.5) is 0 Å². The van der Waals surface area contributed by atoms with Crippen molar-refractivity contribution in [3.8, 4) is 9.86 Å². The van der Waals surface area contributed by atoms with E-state index >= 15 is 0 Å². The molecule has 0 N–H and O–H groups in total. The van der Waals surface area contributed by atoms with Crippen LogP contribution in [-0.2, 0) is 0 Å². The molecule has 0 unspecified atom stereocenters. The van der Waals surface area contributed by atoms with Gasteiger partial charge in [-0.3, -0.25) is 0 Å². The molecule has 0 aromatic rings. The van der Waals surface area contributed by atoms with Gasteiger partial charge in [-0.05, 0) is 0 Å². The summed E-state index contributed by atoms with van der Waals surface area (Å²) in [6.45, 7) is 6.85. The summed E-state index contributed by atoms with van der Waals surface area (Å²) in [7, 11) is 0. The van der Waals surface area contributed by atoms with Gasteiger partial charge in [0, 0.05) is 0 Å². The summed E-state index contributed by atoms with van der Waals surface area (Å²) in [5, 5.41) is 0. The molecule has 0 rings (SSSR count). The van der Waals surface area contributed by atoms with E-state index in [4.69, 9.17) is 11.6 Å². The Morgan fingerprint density at radius 1 is 1.09 bits per heavy atom. The predicted molar refractivity (Wildman–Crippen MR) is 55.7 cm³/mol. The minimum absolute atomic E-state index is 0.513. The Labute approximate surface area is 79.6 Å². The Balaban J connectivity index is 4.28. The summed E-state index contributed by atoms with van der Waals surface area (Å²) in [6, 6.07) is 0. The Kier molecular flexibility index (Phi) is 6.56. The average molecular weight is 279 g/mol. The molecule has 0 atom stereocenters. The molecule has 0 bridgehead atoms. The van der Waals surface area contributed by atoms with Crippen LogP contribution in [0.15, 0.2) is 0 Å². The molecule has 0 aliphatic heterocycles. The standard InChI is InChI=1S/C3H2Cl.3C2H5.Sn/c1-2-3-4;3*1-2;/h3H2;3*1H2,2H3;. The summed E-state index contributed by atoms with van der Waals surface area (Å²) in [4.78, 5) is 0. The van der Waals surface area contributed by atoms with E-state index in [9.17, 15) is 0 Å². The van der Waals surface area contributed by atoms with Crippen molar-refractivity contribution in [3.05, 3.63) is 0 Å². The first kappa shape index (κ1) is 11.6. The van der Waals surface area contributed by atoms with Crippen molar-refractivity contribution in [2.24, 2.45) is 0 Å². The zero-order valence-electron chi connectivity index (χ0n) is 7.71. The SMILES string of the molecule is C[CH2][Sn]([C]#CCCl)([CH2]C)[CH2]C. The van der Waals surface area contributed by atoms with Gasteiger partial charge in [-0.1, -0.05) is 0 Å². The quantitative estimate of drug-likeness (QED) is 0.422. The molecule has 0 spiro atoms.